The highest BCUT2D eigenvalue weighted by Gasteiger charge is 2.25. The van der Waals surface area contributed by atoms with Crippen molar-refractivity contribution in [3.63, 3.8) is 0 Å². The van der Waals surface area contributed by atoms with E-state index in [2.05, 4.69) is 45.0 Å². The third kappa shape index (κ3) is 4.69. The summed E-state index contributed by atoms with van der Waals surface area (Å²) < 4.78 is 1.85. The molecule has 28 heavy (non-hydrogen) atoms. The Kier molecular flexibility index (Phi) is 6.19. The van der Waals surface area contributed by atoms with Gasteiger partial charge in [0.15, 0.2) is 0 Å². The Morgan fingerprint density at radius 3 is 2.68 bits per heavy atom. The molecule has 1 aliphatic rings. The molecule has 2 aromatic heterocycles. The Hall–Kier alpha value is -2.44. The van der Waals surface area contributed by atoms with Crippen LogP contribution in [0.15, 0.2) is 60.1 Å². The van der Waals surface area contributed by atoms with E-state index in [1.54, 1.807) is 17.4 Å². The smallest absolute Gasteiger partial charge is 0.271 e. The van der Waals surface area contributed by atoms with E-state index in [1.807, 2.05) is 29.1 Å². The highest BCUT2D eigenvalue weighted by atomic mass is 32.1. The molecule has 1 aromatic carbocycles. The van der Waals surface area contributed by atoms with Crippen LogP contribution in [-0.2, 0) is 13.0 Å². The lowest BCUT2D eigenvalue weighted by Crippen LogP contribution is -2.36. The van der Waals surface area contributed by atoms with Crippen molar-refractivity contribution in [1.29, 1.82) is 0 Å². The minimum absolute atomic E-state index is 0.0979. The minimum atomic E-state index is -0.0979. The molecule has 1 amide bonds. The second-order valence-electron chi connectivity index (χ2n) is 7.18. The number of amides is 1. The average Bonchev–Trinajstić information content (AvgIpc) is 3.50. The third-order valence-corrected chi connectivity index (χ3v) is 6.23. The second-order valence-corrected chi connectivity index (χ2v) is 8.16. The molecule has 1 saturated heterocycles. The van der Waals surface area contributed by atoms with Crippen LogP contribution in [0.5, 0.6) is 0 Å². The molecule has 0 saturated carbocycles. The van der Waals surface area contributed by atoms with E-state index in [0.717, 1.165) is 26.1 Å². The summed E-state index contributed by atoms with van der Waals surface area (Å²) in [7, 11) is 0. The number of carbonyl (C=O) groups is 1. The number of benzene rings is 1. The van der Waals surface area contributed by atoms with E-state index in [-0.39, 0.29) is 11.9 Å². The van der Waals surface area contributed by atoms with Crippen molar-refractivity contribution in [2.75, 3.05) is 19.6 Å². The Morgan fingerprint density at radius 2 is 1.93 bits per heavy atom. The molecule has 0 radical (unpaired) electrons. The summed E-state index contributed by atoms with van der Waals surface area (Å²) in [6, 6.07) is 16.6. The normalized spacial score (nSPS) is 15.6. The van der Waals surface area contributed by atoms with Crippen LogP contribution in [0.25, 0.3) is 0 Å². The average molecular weight is 395 g/mol. The summed E-state index contributed by atoms with van der Waals surface area (Å²) in [6.45, 7) is 3.60. The highest BCUT2D eigenvalue weighted by molar-refractivity contribution is 7.10. The Bertz CT molecular complexity index is 869. The monoisotopic (exact) mass is 394 g/mol. The number of thiophene rings is 1. The molecule has 3 aromatic rings. The summed E-state index contributed by atoms with van der Waals surface area (Å²) >= 11 is 1.76. The van der Waals surface area contributed by atoms with Gasteiger partial charge in [-0.2, -0.15) is 5.10 Å². The molecule has 0 bridgehead atoms. The number of nitrogens with one attached hydrogen (secondary N) is 1. The molecule has 1 N–H and O–H groups in total. The van der Waals surface area contributed by atoms with Crippen LogP contribution in [0.1, 0.15) is 39.8 Å². The zero-order chi connectivity index (χ0) is 19.2. The van der Waals surface area contributed by atoms with E-state index in [4.69, 9.17) is 0 Å². The van der Waals surface area contributed by atoms with E-state index >= 15 is 0 Å². The van der Waals surface area contributed by atoms with Crippen LogP contribution < -0.4 is 5.32 Å². The summed E-state index contributed by atoms with van der Waals surface area (Å²) in [4.78, 5) is 16.4. The van der Waals surface area contributed by atoms with Gasteiger partial charge in [-0.1, -0.05) is 36.4 Å². The molecular weight excluding hydrogens is 368 g/mol. The molecule has 1 atom stereocenters. The van der Waals surface area contributed by atoms with Crippen molar-refractivity contribution in [2.45, 2.75) is 31.8 Å². The predicted molar refractivity (Wildman–Crippen MR) is 113 cm³/mol. The van der Waals surface area contributed by atoms with E-state index in [1.165, 1.54) is 23.3 Å². The summed E-state index contributed by atoms with van der Waals surface area (Å²) in [6.07, 6.45) is 5.26. The third-order valence-electron chi connectivity index (χ3n) is 5.25. The largest absolute Gasteiger partial charge is 0.349 e. The van der Waals surface area contributed by atoms with Gasteiger partial charge in [-0.05, 0) is 55.4 Å². The minimum Gasteiger partial charge on any atom is -0.349 e. The Morgan fingerprint density at radius 1 is 1.11 bits per heavy atom. The molecule has 1 fully saturated rings. The van der Waals surface area contributed by atoms with Gasteiger partial charge in [0.25, 0.3) is 5.91 Å². The zero-order valence-corrected chi connectivity index (χ0v) is 16.8. The summed E-state index contributed by atoms with van der Waals surface area (Å²) in [5.41, 5.74) is 1.76. The van der Waals surface area contributed by atoms with Gasteiger partial charge in [-0.15, -0.1) is 11.3 Å². The van der Waals surface area contributed by atoms with Crippen molar-refractivity contribution >= 4 is 17.2 Å². The van der Waals surface area contributed by atoms with Crippen LogP contribution in [0.3, 0.4) is 0 Å². The topological polar surface area (TPSA) is 50.2 Å². The lowest BCUT2D eigenvalue weighted by atomic mass is 10.2. The molecule has 1 aliphatic heterocycles. The number of aryl methyl sites for hydroxylation is 2. The summed E-state index contributed by atoms with van der Waals surface area (Å²) in [5, 5.41) is 9.66. The number of rotatable bonds is 8. The first kappa shape index (κ1) is 18.9. The lowest BCUT2D eigenvalue weighted by molar-refractivity contribution is 0.0932. The first-order chi connectivity index (χ1) is 13.8. The zero-order valence-electron chi connectivity index (χ0n) is 16.0. The number of likely N-dealkylation sites (tertiary alicyclic amines) is 1. The fraction of sp³-hybridized carbons (Fsp3) is 0.364. The second kappa shape index (κ2) is 9.17. The fourth-order valence-electron chi connectivity index (χ4n) is 3.72. The SMILES string of the molecule is O=C(NCC(c1cccs1)N1CCCC1)c1ccn(CCc2ccccc2)n1. The lowest BCUT2D eigenvalue weighted by Gasteiger charge is -2.26. The molecule has 146 valence electrons. The van der Waals surface area contributed by atoms with Gasteiger partial charge in [0, 0.05) is 24.2 Å². The van der Waals surface area contributed by atoms with Gasteiger partial charge in [0.05, 0.1) is 6.04 Å². The Balaban J connectivity index is 1.33. The van der Waals surface area contributed by atoms with Crippen molar-refractivity contribution in [3.05, 3.63) is 76.2 Å². The number of hydrogen-bond donors (Lipinski definition) is 1. The van der Waals surface area contributed by atoms with Crippen molar-refractivity contribution in [3.8, 4) is 0 Å². The maximum absolute atomic E-state index is 12.6. The number of carbonyl (C=O) groups excluding carboxylic acids is 1. The van der Waals surface area contributed by atoms with E-state index in [0.29, 0.717) is 12.2 Å². The first-order valence-electron chi connectivity index (χ1n) is 9.92. The quantitative estimate of drug-likeness (QED) is 0.633. The maximum Gasteiger partial charge on any atom is 0.271 e. The fourth-order valence-corrected chi connectivity index (χ4v) is 4.58. The van der Waals surface area contributed by atoms with Crippen LogP contribution in [0.2, 0.25) is 0 Å². The van der Waals surface area contributed by atoms with E-state index in [9.17, 15) is 4.79 Å². The van der Waals surface area contributed by atoms with Crippen molar-refractivity contribution < 1.29 is 4.79 Å². The molecular formula is C22H26N4OS. The standard InChI is InChI=1S/C22H26N4OS/c27-22(19-11-15-26(24-19)14-10-18-7-2-1-3-8-18)23-17-20(21-9-6-16-28-21)25-12-4-5-13-25/h1-3,6-9,11,15-16,20H,4-5,10,12-14,17H2,(H,23,27). The van der Waals surface area contributed by atoms with Gasteiger partial charge in [-0.3, -0.25) is 14.4 Å². The highest BCUT2D eigenvalue weighted by Crippen LogP contribution is 2.27. The number of nitrogens with zero attached hydrogens (tertiary/aromatic N) is 3. The molecule has 4 rings (SSSR count). The molecule has 6 heteroatoms. The molecule has 0 spiro atoms. The summed E-state index contributed by atoms with van der Waals surface area (Å²) in [5.74, 6) is -0.0979. The Labute approximate surface area is 170 Å². The van der Waals surface area contributed by atoms with Crippen LogP contribution in [-0.4, -0.2) is 40.2 Å². The number of aromatic nitrogens is 2. The molecule has 3 heterocycles. The molecule has 5 nitrogen and oxygen atoms in total. The van der Waals surface area contributed by atoms with Crippen molar-refractivity contribution in [1.82, 2.24) is 20.0 Å². The number of hydrogen-bond acceptors (Lipinski definition) is 4. The maximum atomic E-state index is 12.6. The van der Waals surface area contributed by atoms with Crippen LogP contribution >= 0.6 is 11.3 Å². The predicted octanol–water partition coefficient (Wildman–Crippen LogP) is 3.75. The molecule has 0 aliphatic carbocycles. The van der Waals surface area contributed by atoms with Gasteiger partial charge >= 0.3 is 0 Å². The van der Waals surface area contributed by atoms with Gasteiger partial charge < -0.3 is 5.32 Å². The van der Waals surface area contributed by atoms with Crippen molar-refractivity contribution in [2.24, 2.45) is 0 Å². The van der Waals surface area contributed by atoms with Crippen LogP contribution in [0, 0.1) is 0 Å². The van der Waals surface area contributed by atoms with Gasteiger partial charge in [0.1, 0.15) is 5.69 Å². The van der Waals surface area contributed by atoms with Gasteiger partial charge in [-0.25, -0.2) is 0 Å². The van der Waals surface area contributed by atoms with Gasteiger partial charge in [0.2, 0.25) is 0 Å². The van der Waals surface area contributed by atoms with Crippen LogP contribution in [0.4, 0.5) is 0 Å². The van der Waals surface area contributed by atoms with E-state index < -0.39 is 0 Å². The first-order valence-corrected chi connectivity index (χ1v) is 10.8. The molecule has 1 unspecified atom stereocenters.